The first kappa shape index (κ1) is 24.5. The summed E-state index contributed by atoms with van der Waals surface area (Å²) >= 11 is 0. The fourth-order valence-electron chi connectivity index (χ4n) is 3.73. The Morgan fingerprint density at radius 3 is 2.37 bits per heavy atom. The lowest BCUT2D eigenvalue weighted by atomic mass is 10.1. The largest absolute Gasteiger partial charge is 0.489 e. The standard InChI is InChI=1S/C24H34N4O.HI/c1-3-15-28-16-13-22(14-17-28)27-24(25-2)26-18-20-9-7-8-10-21(20)19-29-23-11-5-4-6-12-23;/h4-12,22H,3,13-19H2,1-2H3,(H2,25,26,27);1H. The van der Waals surface area contributed by atoms with Crippen LogP contribution in [-0.4, -0.2) is 43.6 Å². The van der Waals surface area contributed by atoms with Gasteiger partial charge in [-0.15, -0.1) is 24.0 Å². The highest BCUT2D eigenvalue weighted by atomic mass is 127. The summed E-state index contributed by atoms with van der Waals surface area (Å²) in [6.07, 6.45) is 3.57. The summed E-state index contributed by atoms with van der Waals surface area (Å²) < 4.78 is 5.94. The second kappa shape index (κ2) is 13.5. The zero-order valence-corrected chi connectivity index (χ0v) is 20.5. The van der Waals surface area contributed by atoms with E-state index in [1.807, 2.05) is 37.4 Å². The molecule has 0 saturated carbocycles. The number of hydrogen-bond donors (Lipinski definition) is 2. The van der Waals surface area contributed by atoms with Gasteiger partial charge in [-0.3, -0.25) is 4.99 Å². The van der Waals surface area contributed by atoms with Crippen molar-refractivity contribution in [3.05, 3.63) is 65.7 Å². The lowest BCUT2D eigenvalue weighted by Gasteiger charge is -2.32. The average Bonchev–Trinajstić information content (AvgIpc) is 2.78. The number of nitrogens with one attached hydrogen (secondary N) is 2. The fraction of sp³-hybridized carbons (Fsp3) is 0.458. The highest BCUT2D eigenvalue weighted by Gasteiger charge is 2.19. The van der Waals surface area contributed by atoms with Crippen LogP contribution in [0.1, 0.15) is 37.3 Å². The van der Waals surface area contributed by atoms with E-state index >= 15 is 0 Å². The summed E-state index contributed by atoms with van der Waals surface area (Å²) in [5.41, 5.74) is 2.41. The van der Waals surface area contributed by atoms with E-state index in [-0.39, 0.29) is 24.0 Å². The molecule has 0 unspecified atom stereocenters. The first-order valence-corrected chi connectivity index (χ1v) is 10.7. The topological polar surface area (TPSA) is 48.9 Å². The molecular weight excluding hydrogens is 487 g/mol. The molecule has 2 N–H and O–H groups in total. The maximum absolute atomic E-state index is 5.94. The number of aliphatic imine (C=N–C) groups is 1. The molecule has 3 rings (SSSR count). The Morgan fingerprint density at radius 1 is 1.03 bits per heavy atom. The second-order valence-corrected chi connectivity index (χ2v) is 7.56. The fourth-order valence-corrected chi connectivity index (χ4v) is 3.73. The number of guanidine groups is 1. The van der Waals surface area contributed by atoms with Crippen molar-refractivity contribution in [2.75, 3.05) is 26.7 Å². The molecule has 2 aromatic carbocycles. The van der Waals surface area contributed by atoms with Crippen molar-refractivity contribution in [1.82, 2.24) is 15.5 Å². The molecule has 0 amide bonds. The Kier molecular flexibility index (Phi) is 11.0. The molecule has 1 aliphatic rings. The van der Waals surface area contributed by atoms with Gasteiger partial charge in [0.05, 0.1) is 0 Å². The summed E-state index contributed by atoms with van der Waals surface area (Å²) in [4.78, 5) is 6.98. The molecule has 1 aliphatic heterocycles. The summed E-state index contributed by atoms with van der Waals surface area (Å²) in [6, 6.07) is 18.8. The summed E-state index contributed by atoms with van der Waals surface area (Å²) in [6.45, 7) is 7.08. The van der Waals surface area contributed by atoms with Crippen molar-refractivity contribution in [1.29, 1.82) is 0 Å². The lowest BCUT2D eigenvalue weighted by molar-refractivity contribution is 0.206. The van der Waals surface area contributed by atoms with Gasteiger partial charge in [-0.05, 0) is 49.1 Å². The first-order valence-electron chi connectivity index (χ1n) is 10.7. The van der Waals surface area contributed by atoms with Crippen LogP contribution in [0.3, 0.4) is 0 Å². The zero-order valence-electron chi connectivity index (χ0n) is 18.1. The minimum absolute atomic E-state index is 0. The van der Waals surface area contributed by atoms with Gasteiger partial charge in [-0.1, -0.05) is 49.4 Å². The van der Waals surface area contributed by atoms with Crippen LogP contribution in [0, 0.1) is 0 Å². The number of hydrogen-bond acceptors (Lipinski definition) is 3. The van der Waals surface area contributed by atoms with E-state index in [1.54, 1.807) is 0 Å². The molecule has 1 saturated heterocycles. The number of ether oxygens (including phenoxy) is 1. The number of para-hydroxylation sites is 1. The second-order valence-electron chi connectivity index (χ2n) is 7.56. The molecule has 1 heterocycles. The highest BCUT2D eigenvalue weighted by molar-refractivity contribution is 14.0. The van der Waals surface area contributed by atoms with E-state index in [4.69, 9.17) is 4.74 Å². The predicted octanol–water partition coefficient (Wildman–Crippen LogP) is 4.42. The smallest absolute Gasteiger partial charge is 0.191 e. The molecule has 164 valence electrons. The van der Waals surface area contributed by atoms with Crippen LogP contribution in [-0.2, 0) is 13.2 Å². The summed E-state index contributed by atoms with van der Waals surface area (Å²) in [5, 5.41) is 7.07. The number of halogens is 1. The molecule has 2 aromatic rings. The van der Waals surface area contributed by atoms with Crippen molar-refractivity contribution in [2.24, 2.45) is 4.99 Å². The molecule has 0 spiro atoms. The average molecular weight is 522 g/mol. The molecule has 30 heavy (non-hydrogen) atoms. The molecular formula is C24H35IN4O. The van der Waals surface area contributed by atoms with E-state index in [2.05, 4.69) is 51.7 Å². The van der Waals surface area contributed by atoms with Gasteiger partial charge in [0.1, 0.15) is 12.4 Å². The predicted molar refractivity (Wildman–Crippen MR) is 136 cm³/mol. The van der Waals surface area contributed by atoms with Crippen LogP contribution in [0.2, 0.25) is 0 Å². The van der Waals surface area contributed by atoms with Crippen molar-refractivity contribution >= 4 is 29.9 Å². The summed E-state index contributed by atoms with van der Waals surface area (Å²) in [7, 11) is 1.84. The number of rotatable bonds is 8. The first-order chi connectivity index (χ1) is 14.3. The molecule has 5 nitrogen and oxygen atoms in total. The van der Waals surface area contributed by atoms with Gasteiger partial charge in [0, 0.05) is 32.7 Å². The zero-order chi connectivity index (χ0) is 20.3. The Morgan fingerprint density at radius 2 is 1.70 bits per heavy atom. The highest BCUT2D eigenvalue weighted by Crippen LogP contribution is 2.15. The molecule has 1 fully saturated rings. The Labute approximate surface area is 198 Å². The Hall–Kier alpha value is -1.80. The molecule has 6 heteroatoms. The molecule has 0 aromatic heterocycles. The molecule has 0 radical (unpaired) electrons. The minimum atomic E-state index is 0. The van der Waals surface area contributed by atoms with Gasteiger partial charge in [0.25, 0.3) is 0 Å². The number of benzene rings is 2. The van der Waals surface area contributed by atoms with Crippen LogP contribution < -0.4 is 15.4 Å². The number of piperidine rings is 1. The Balaban J connectivity index is 0.00000320. The normalized spacial score (nSPS) is 15.3. The van der Waals surface area contributed by atoms with Gasteiger partial charge in [0.15, 0.2) is 5.96 Å². The van der Waals surface area contributed by atoms with Crippen molar-refractivity contribution in [3.8, 4) is 5.75 Å². The minimum Gasteiger partial charge on any atom is -0.489 e. The quantitative estimate of drug-likeness (QED) is 0.306. The van der Waals surface area contributed by atoms with Crippen molar-refractivity contribution in [3.63, 3.8) is 0 Å². The van der Waals surface area contributed by atoms with Gasteiger partial charge in [-0.25, -0.2) is 0 Å². The van der Waals surface area contributed by atoms with E-state index in [0.29, 0.717) is 12.6 Å². The maximum Gasteiger partial charge on any atom is 0.191 e. The lowest BCUT2D eigenvalue weighted by Crippen LogP contribution is -2.48. The van der Waals surface area contributed by atoms with Crippen LogP contribution in [0.5, 0.6) is 5.75 Å². The van der Waals surface area contributed by atoms with Crippen molar-refractivity contribution < 1.29 is 4.74 Å². The van der Waals surface area contributed by atoms with Gasteiger partial charge in [0.2, 0.25) is 0 Å². The molecule has 0 bridgehead atoms. The van der Waals surface area contributed by atoms with Crippen LogP contribution in [0.4, 0.5) is 0 Å². The maximum atomic E-state index is 5.94. The van der Waals surface area contributed by atoms with E-state index in [0.717, 1.165) is 18.3 Å². The SMILES string of the molecule is CCCN1CCC(NC(=NC)NCc2ccccc2COc2ccccc2)CC1.I. The van der Waals surface area contributed by atoms with Crippen LogP contribution >= 0.6 is 24.0 Å². The number of likely N-dealkylation sites (tertiary alicyclic amines) is 1. The summed E-state index contributed by atoms with van der Waals surface area (Å²) in [5.74, 6) is 1.76. The third-order valence-electron chi connectivity index (χ3n) is 5.39. The Bertz CT molecular complexity index is 761. The van der Waals surface area contributed by atoms with Gasteiger partial charge >= 0.3 is 0 Å². The molecule has 0 atom stereocenters. The monoisotopic (exact) mass is 522 g/mol. The van der Waals surface area contributed by atoms with Gasteiger partial charge < -0.3 is 20.3 Å². The third kappa shape index (κ3) is 7.80. The van der Waals surface area contributed by atoms with E-state index < -0.39 is 0 Å². The van der Waals surface area contributed by atoms with E-state index in [9.17, 15) is 0 Å². The number of nitrogens with zero attached hydrogens (tertiary/aromatic N) is 2. The van der Waals surface area contributed by atoms with Crippen LogP contribution in [0.15, 0.2) is 59.6 Å². The van der Waals surface area contributed by atoms with Crippen LogP contribution in [0.25, 0.3) is 0 Å². The van der Waals surface area contributed by atoms with Crippen molar-refractivity contribution in [2.45, 2.75) is 45.4 Å². The van der Waals surface area contributed by atoms with E-state index in [1.165, 1.54) is 50.0 Å². The third-order valence-corrected chi connectivity index (χ3v) is 5.39. The molecule has 0 aliphatic carbocycles. The van der Waals surface area contributed by atoms with Gasteiger partial charge in [-0.2, -0.15) is 0 Å².